The minimum Gasteiger partial charge on any atom is -0.497 e. The predicted molar refractivity (Wildman–Crippen MR) is 68.3 cm³/mol. The summed E-state index contributed by atoms with van der Waals surface area (Å²) in [6.45, 7) is 2.92. The molecule has 0 spiro atoms. The molecule has 1 fully saturated rings. The van der Waals surface area contributed by atoms with Gasteiger partial charge in [-0.1, -0.05) is 12.1 Å². The van der Waals surface area contributed by atoms with Crippen molar-refractivity contribution in [1.29, 1.82) is 0 Å². The lowest BCUT2D eigenvalue weighted by atomic mass is 10.2. The van der Waals surface area contributed by atoms with Crippen molar-refractivity contribution in [3.63, 3.8) is 0 Å². The van der Waals surface area contributed by atoms with Crippen LogP contribution in [-0.2, 0) is 9.47 Å². The molecule has 0 saturated carbocycles. The first-order chi connectivity index (χ1) is 8.26. The van der Waals surface area contributed by atoms with E-state index < -0.39 is 0 Å². The van der Waals surface area contributed by atoms with Gasteiger partial charge in [-0.15, -0.1) is 0 Å². The van der Waals surface area contributed by atoms with Crippen LogP contribution in [0.1, 0.15) is 24.8 Å². The Kier molecular flexibility index (Phi) is 6.67. The molecule has 1 aliphatic rings. The van der Waals surface area contributed by atoms with E-state index in [1.54, 1.807) is 14.2 Å². The van der Waals surface area contributed by atoms with Crippen LogP contribution in [0, 0.1) is 6.92 Å². The molecule has 0 bridgehead atoms. The van der Waals surface area contributed by atoms with Gasteiger partial charge in [0.15, 0.2) is 6.29 Å². The van der Waals surface area contributed by atoms with Gasteiger partial charge in [-0.3, -0.25) is 0 Å². The van der Waals surface area contributed by atoms with Crippen molar-refractivity contribution >= 4 is 0 Å². The van der Waals surface area contributed by atoms with Crippen LogP contribution in [0.5, 0.6) is 5.75 Å². The van der Waals surface area contributed by atoms with Crippen LogP contribution < -0.4 is 4.74 Å². The highest BCUT2D eigenvalue weighted by atomic mass is 16.7. The number of hydrogen-bond donors (Lipinski definition) is 0. The first-order valence-corrected chi connectivity index (χ1v) is 6.01. The van der Waals surface area contributed by atoms with Crippen molar-refractivity contribution in [1.82, 2.24) is 0 Å². The number of aryl methyl sites for hydroxylation is 1. The zero-order chi connectivity index (χ0) is 12.5. The number of benzene rings is 1. The minimum atomic E-state index is 0.0868. The SMILES string of the molecule is COC1CCCCO1.COc1cccc(C)c1. The number of rotatable bonds is 2. The largest absolute Gasteiger partial charge is 0.497 e. The van der Waals surface area contributed by atoms with E-state index in [9.17, 15) is 0 Å². The molecule has 1 heterocycles. The molecule has 1 aromatic carbocycles. The molecule has 0 aromatic heterocycles. The lowest BCUT2D eigenvalue weighted by Gasteiger charge is -2.20. The van der Waals surface area contributed by atoms with Gasteiger partial charge in [-0.2, -0.15) is 0 Å². The zero-order valence-corrected chi connectivity index (χ0v) is 10.9. The molecule has 0 aliphatic carbocycles. The fraction of sp³-hybridized carbons (Fsp3) is 0.571. The van der Waals surface area contributed by atoms with Gasteiger partial charge in [-0.25, -0.2) is 0 Å². The normalized spacial score (nSPS) is 19.1. The molecule has 1 atom stereocenters. The fourth-order valence-electron chi connectivity index (χ4n) is 1.64. The van der Waals surface area contributed by atoms with Crippen LogP contribution >= 0.6 is 0 Å². The monoisotopic (exact) mass is 238 g/mol. The Hall–Kier alpha value is -1.06. The predicted octanol–water partition coefficient (Wildman–Crippen LogP) is 3.16. The van der Waals surface area contributed by atoms with E-state index in [0.29, 0.717) is 0 Å². The van der Waals surface area contributed by atoms with Crippen molar-refractivity contribution in [3.05, 3.63) is 29.8 Å². The maximum absolute atomic E-state index is 5.20. The first-order valence-electron chi connectivity index (χ1n) is 6.01. The van der Waals surface area contributed by atoms with Gasteiger partial charge in [0.2, 0.25) is 0 Å². The van der Waals surface area contributed by atoms with Crippen LogP contribution in [0.25, 0.3) is 0 Å². The lowest BCUT2D eigenvalue weighted by Crippen LogP contribution is -2.20. The molecule has 0 amide bonds. The molecular weight excluding hydrogens is 216 g/mol. The van der Waals surface area contributed by atoms with E-state index in [0.717, 1.165) is 18.8 Å². The molecule has 17 heavy (non-hydrogen) atoms. The van der Waals surface area contributed by atoms with Gasteiger partial charge in [-0.05, 0) is 43.9 Å². The van der Waals surface area contributed by atoms with Gasteiger partial charge in [0, 0.05) is 13.7 Å². The van der Waals surface area contributed by atoms with E-state index >= 15 is 0 Å². The molecule has 3 heteroatoms. The van der Waals surface area contributed by atoms with Crippen molar-refractivity contribution in [3.8, 4) is 5.75 Å². The quantitative estimate of drug-likeness (QED) is 0.792. The summed E-state index contributed by atoms with van der Waals surface area (Å²) in [4.78, 5) is 0. The Morgan fingerprint density at radius 2 is 2.06 bits per heavy atom. The topological polar surface area (TPSA) is 27.7 Å². The molecule has 3 nitrogen and oxygen atoms in total. The third kappa shape index (κ3) is 5.71. The van der Waals surface area contributed by atoms with E-state index in [-0.39, 0.29) is 6.29 Å². The standard InChI is InChI=1S/C8H10O.C6H12O2/c1-7-4-3-5-8(6-7)9-2;1-7-6-4-2-3-5-8-6/h3-6H,1-2H3;6H,2-5H2,1H3. The van der Waals surface area contributed by atoms with Crippen LogP contribution in [-0.4, -0.2) is 27.1 Å². The molecule has 0 radical (unpaired) electrons. The third-order valence-corrected chi connectivity index (χ3v) is 2.63. The zero-order valence-electron chi connectivity index (χ0n) is 10.9. The highest BCUT2D eigenvalue weighted by Crippen LogP contribution is 2.12. The molecule has 1 aliphatic heterocycles. The summed E-state index contributed by atoms with van der Waals surface area (Å²) in [5.74, 6) is 0.926. The summed E-state index contributed by atoms with van der Waals surface area (Å²) >= 11 is 0. The van der Waals surface area contributed by atoms with Crippen molar-refractivity contribution in [2.24, 2.45) is 0 Å². The summed E-state index contributed by atoms with van der Waals surface area (Å²) in [5, 5.41) is 0. The molecular formula is C14H22O3. The Morgan fingerprint density at radius 3 is 2.47 bits per heavy atom. The van der Waals surface area contributed by atoms with Crippen molar-refractivity contribution < 1.29 is 14.2 Å². The molecule has 1 saturated heterocycles. The Balaban J connectivity index is 0.000000171. The smallest absolute Gasteiger partial charge is 0.157 e. The molecule has 1 unspecified atom stereocenters. The van der Waals surface area contributed by atoms with Gasteiger partial charge < -0.3 is 14.2 Å². The van der Waals surface area contributed by atoms with Gasteiger partial charge in [0.05, 0.1) is 7.11 Å². The molecule has 2 rings (SSSR count). The van der Waals surface area contributed by atoms with Gasteiger partial charge in [0.1, 0.15) is 5.75 Å². The number of methoxy groups -OCH3 is 2. The first kappa shape index (κ1) is 14.0. The summed E-state index contributed by atoms with van der Waals surface area (Å²) < 4.78 is 15.2. The van der Waals surface area contributed by atoms with Gasteiger partial charge in [0.25, 0.3) is 0 Å². The molecule has 96 valence electrons. The maximum atomic E-state index is 5.20. The average Bonchev–Trinajstić information content (AvgIpc) is 2.40. The highest BCUT2D eigenvalue weighted by molar-refractivity contribution is 5.27. The summed E-state index contributed by atoms with van der Waals surface area (Å²) in [6.07, 6.45) is 3.60. The van der Waals surface area contributed by atoms with Crippen LogP contribution in [0.2, 0.25) is 0 Å². The van der Waals surface area contributed by atoms with E-state index in [1.165, 1.54) is 18.4 Å². The van der Waals surface area contributed by atoms with Crippen LogP contribution in [0.3, 0.4) is 0 Å². The van der Waals surface area contributed by atoms with E-state index in [2.05, 4.69) is 0 Å². The van der Waals surface area contributed by atoms with Crippen molar-refractivity contribution in [2.45, 2.75) is 32.5 Å². The maximum Gasteiger partial charge on any atom is 0.157 e. The van der Waals surface area contributed by atoms with Gasteiger partial charge >= 0.3 is 0 Å². The average molecular weight is 238 g/mol. The summed E-state index contributed by atoms with van der Waals surface area (Å²) in [7, 11) is 3.37. The highest BCUT2D eigenvalue weighted by Gasteiger charge is 2.10. The molecule has 1 aromatic rings. The third-order valence-electron chi connectivity index (χ3n) is 2.63. The fourth-order valence-corrected chi connectivity index (χ4v) is 1.64. The van der Waals surface area contributed by atoms with Crippen LogP contribution in [0.4, 0.5) is 0 Å². The lowest BCUT2D eigenvalue weighted by molar-refractivity contribution is -0.145. The van der Waals surface area contributed by atoms with Crippen LogP contribution in [0.15, 0.2) is 24.3 Å². The van der Waals surface area contributed by atoms with Crippen molar-refractivity contribution in [2.75, 3.05) is 20.8 Å². The molecule has 0 N–H and O–H groups in total. The van der Waals surface area contributed by atoms with E-state index in [4.69, 9.17) is 14.2 Å². The Labute approximate surface area is 104 Å². The second kappa shape index (κ2) is 8.09. The minimum absolute atomic E-state index is 0.0868. The van der Waals surface area contributed by atoms with E-state index in [1.807, 2.05) is 31.2 Å². The Bertz CT molecular complexity index is 306. The second-order valence-corrected chi connectivity index (χ2v) is 4.05. The summed E-state index contributed by atoms with van der Waals surface area (Å²) in [6, 6.07) is 7.96. The Morgan fingerprint density at radius 1 is 1.24 bits per heavy atom. The second-order valence-electron chi connectivity index (χ2n) is 4.05. The summed E-state index contributed by atoms with van der Waals surface area (Å²) in [5.41, 5.74) is 1.23. The number of hydrogen-bond acceptors (Lipinski definition) is 3. The number of ether oxygens (including phenoxy) is 3.